The molecule has 1 atom stereocenters. The number of carbonyl (C=O) groups is 2. The number of amides is 2. The van der Waals surface area contributed by atoms with E-state index in [0.717, 1.165) is 30.9 Å². The molecule has 9 heteroatoms. The van der Waals surface area contributed by atoms with Crippen molar-refractivity contribution < 1.29 is 18.0 Å². The first-order valence-corrected chi connectivity index (χ1v) is 13.5. The van der Waals surface area contributed by atoms with Gasteiger partial charge in [0.25, 0.3) is 0 Å². The fourth-order valence-electron chi connectivity index (χ4n) is 3.73. The largest absolute Gasteiger partial charge is 0.354 e. The molecule has 2 aromatic rings. The van der Waals surface area contributed by atoms with Gasteiger partial charge in [-0.25, -0.2) is 4.31 Å². The lowest BCUT2D eigenvalue weighted by atomic mass is 10.1. The molecule has 8 nitrogen and oxygen atoms in total. The lowest BCUT2D eigenvalue weighted by molar-refractivity contribution is -0.139. The fourth-order valence-corrected chi connectivity index (χ4v) is 4.85. The molecule has 0 bridgehead atoms. The Hall–Kier alpha value is -2.91. The number of benzene rings is 2. The van der Waals surface area contributed by atoms with E-state index in [1.807, 2.05) is 71.0 Å². The van der Waals surface area contributed by atoms with Gasteiger partial charge in [-0.1, -0.05) is 55.8 Å². The molecular formula is C27H40N4O4S. The van der Waals surface area contributed by atoms with Crippen molar-refractivity contribution in [3.8, 4) is 0 Å². The van der Waals surface area contributed by atoms with Gasteiger partial charge in [0.05, 0.1) is 5.69 Å². The van der Waals surface area contributed by atoms with Gasteiger partial charge in [-0.05, 0) is 56.4 Å². The van der Waals surface area contributed by atoms with Crippen LogP contribution in [0.1, 0.15) is 43.0 Å². The van der Waals surface area contributed by atoms with E-state index >= 15 is 0 Å². The van der Waals surface area contributed by atoms with Crippen molar-refractivity contribution in [1.82, 2.24) is 14.5 Å². The second kappa shape index (κ2) is 12.4. The smallest absolute Gasteiger partial charge is 0.304 e. The van der Waals surface area contributed by atoms with Gasteiger partial charge in [0.1, 0.15) is 12.6 Å². The zero-order chi connectivity index (χ0) is 27.2. The molecular weight excluding hydrogens is 476 g/mol. The van der Waals surface area contributed by atoms with Gasteiger partial charge in [0.2, 0.25) is 11.8 Å². The molecule has 0 fully saturated rings. The Morgan fingerprint density at radius 1 is 0.944 bits per heavy atom. The Kier molecular flexibility index (Phi) is 10.1. The number of carbonyl (C=O) groups excluding carboxylic acids is 2. The molecule has 2 aromatic carbocycles. The first-order valence-electron chi connectivity index (χ1n) is 12.1. The number of anilines is 1. The maximum Gasteiger partial charge on any atom is 0.304 e. The zero-order valence-corrected chi connectivity index (χ0v) is 23.5. The molecule has 0 radical (unpaired) electrons. The van der Waals surface area contributed by atoms with E-state index in [0.29, 0.717) is 12.2 Å². The van der Waals surface area contributed by atoms with Gasteiger partial charge in [0.15, 0.2) is 0 Å². The number of nitrogens with one attached hydrogen (secondary N) is 1. The number of aryl methyl sites for hydroxylation is 3. The van der Waals surface area contributed by atoms with Gasteiger partial charge in [-0.15, -0.1) is 0 Å². The molecule has 2 rings (SSSR count). The van der Waals surface area contributed by atoms with Crippen LogP contribution in [0.3, 0.4) is 0 Å². The van der Waals surface area contributed by atoms with Gasteiger partial charge >= 0.3 is 10.2 Å². The highest BCUT2D eigenvalue weighted by Crippen LogP contribution is 2.26. The highest BCUT2D eigenvalue weighted by Gasteiger charge is 2.33. The van der Waals surface area contributed by atoms with Crippen molar-refractivity contribution in [3.63, 3.8) is 0 Å². The minimum atomic E-state index is -3.99. The summed E-state index contributed by atoms with van der Waals surface area (Å²) in [5.74, 6) is -0.486. The van der Waals surface area contributed by atoms with E-state index < -0.39 is 28.7 Å². The molecule has 0 aliphatic rings. The SMILES string of the molecule is Cc1cccc(CN(C(=O)CN(c2cc(C)ccc2C)S(=O)(=O)N(C)C)C(C)C(=O)NCC(C)C)c1. The molecule has 0 aliphatic carbocycles. The summed E-state index contributed by atoms with van der Waals surface area (Å²) in [7, 11) is -1.12. The second-order valence-corrected chi connectivity index (χ2v) is 12.0. The highest BCUT2D eigenvalue weighted by atomic mass is 32.2. The molecule has 36 heavy (non-hydrogen) atoms. The molecule has 0 heterocycles. The summed E-state index contributed by atoms with van der Waals surface area (Å²) in [6, 6.07) is 12.4. The van der Waals surface area contributed by atoms with Crippen LogP contribution in [0.4, 0.5) is 5.69 Å². The maximum atomic E-state index is 13.8. The molecule has 0 aromatic heterocycles. The Morgan fingerprint density at radius 2 is 1.58 bits per heavy atom. The summed E-state index contributed by atoms with van der Waals surface area (Å²) in [6.45, 7) is 11.5. The van der Waals surface area contributed by atoms with Gasteiger partial charge in [-0.3, -0.25) is 9.59 Å². The third-order valence-corrected chi connectivity index (χ3v) is 7.75. The predicted octanol–water partition coefficient (Wildman–Crippen LogP) is 3.41. The van der Waals surface area contributed by atoms with Crippen LogP contribution >= 0.6 is 0 Å². The van der Waals surface area contributed by atoms with Gasteiger partial charge in [0, 0.05) is 27.2 Å². The zero-order valence-electron chi connectivity index (χ0n) is 22.7. The summed E-state index contributed by atoms with van der Waals surface area (Å²) in [6.07, 6.45) is 0. The Bertz CT molecular complexity index is 1180. The van der Waals surface area contributed by atoms with Crippen molar-refractivity contribution in [2.75, 3.05) is 31.5 Å². The average Bonchev–Trinajstić information content (AvgIpc) is 2.80. The van der Waals surface area contributed by atoms with E-state index in [9.17, 15) is 18.0 Å². The van der Waals surface area contributed by atoms with Crippen LogP contribution in [0.15, 0.2) is 42.5 Å². The summed E-state index contributed by atoms with van der Waals surface area (Å²) in [5, 5.41) is 2.89. The first kappa shape index (κ1) is 29.3. The number of hydrogen-bond acceptors (Lipinski definition) is 4. The second-order valence-electron chi connectivity index (χ2n) is 9.91. The Morgan fingerprint density at radius 3 is 2.17 bits per heavy atom. The maximum absolute atomic E-state index is 13.8. The summed E-state index contributed by atoms with van der Waals surface area (Å²) >= 11 is 0. The molecule has 198 valence electrons. The molecule has 2 amide bonds. The van der Waals surface area contributed by atoms with Crippen LogP contribution in [0.2, 0.25) is 0 Å². The van der Waals surface area contributed by atoms with Crippen LogP contribution in [0.25, 0.3) is 0 Å². The Labute approximate surface area is 216 Å². The van der Waals surface area contributed by atoms with Crippen molar-refractivity contribution in [2.45, 2.75) is 54.1 Å². The first-order chi connectivity index (χ1) is 16.7. The Balaban J connectivity index is 2.49. The van der Waals surface area contributed by atoms with Crippen LogP contribution in [-0.2, 0) is 26.3 Å². The van der Waals surface area contributed by atoms with Crippen LogP contribution in [0, 0.1) is 26.7 Å². The minimum Gasteiger partial charge on any atom is -0.354 e. The lowest BCUT2D eigenvalue weighted by Crippen LogP contribution is -2.52. The standard InChI is InChI=1S/C27H40N4O4S/c1-19(2)16-28-27(33)23(6)30(17-24-11-9-10-20(3)14-24)26(32)18-31(36(34,35)29(7)8)25-15-21(4)12-13-22(25)5/h9-15,19,23H,16-18H2,1-8H3,(H,28,33). The molecule has 0 aliphatic heterocycles. The summed E-state index contributed by atoms with van der Waals surface area (Å²) in [5.41, 5.74) is 3.93. The fraction of sp³-hybridized carbons (Fsp3) is 0.481. The predicted molar refractivity (Wildman–Crippen MR) is 145 cm³/mol. The highest BCUT2D eigenvalue weighted by molar-refractivity contribution is 7.90. The third kappa shape index (κ3) is 7.54. The van der Waals surface area contributed by atoms with E-state index in [-0.39, 0.29) is 18.4 Å². The average molecular weight is 517 g/mol. The van der Waals surface area contributed by atoms with Crippen molar-refractivity contribution in [3.05, 3.63) is 64.7 Å². The minimum absolute atomic E-state index is 0.180. The quantitative estimate of drug-likeness (QED) is 0.496. The molecule has 0 spiro atoms. The normalized spacial score (nSPS) is 12.5. The number of hydrogen-bond donors (Lipinski definition) is 1. The van der Waals surface area contributed by atoms with Crippen molar-refractivity contribution in [2.24, 2.45) is 5.92 Å². The monoisotopic (exact) mass is 516 g/mol. The van der Waals surface area contributed by atoms with Crippen LogP contribution in [-0.4, -0.2) is 62.7 Å². The van der Waals surface area contributed by atoms with Crippen molar-refractivity contribution >= 4 is 27.7 Å². The molecule has 0 saturated heterocycles. The topological polar surface area (TPSA) is 90.0 Å². The molecule has 1 unspecified atom stereocenters. The molecule has 1 N–H and O–H groups in total. The van der Waals surface area contributed by atoms with Crippen molar-refractivity contribution in [1.29, 1.82) is 0 Å². The van der Waals surface area contributed by atoms with E-state index in [1.165, 1.54) is 19.0 Å². The summed E-state index contributed by atoms with van der Waals surface area (Å²) in [4.78, 5) is 28.2. The van der Waals surface area contributed by atoms with Gasteiger partial charge < -0.3 is 10.2 Å². The summed E-state index contributed by atoms with van der Waals surface area (Å²) < 4.78 is 28.9. The van der Waals surface area contributed by atoms with E-state index in [2.05, 4.69) is 5.32 Å². The van der Waals surface area contributed by atoms with Gasteiger partial charge in [-0.2, -0.15) is 12.7 Å². The molecule has 0 saturated carbocycles. The lowest BCUT2D eigenvalue weighted by Gasteiger charge is -2.33. The van der Waals surface area contributed by atoms with E-state index in [4.69, 9.17) is 0 Å². The number of rotatable bonds is 11. The number of nitrogens with zero attached hydrogens (tertiary/aromatic N) is 3. The van der Waals surface area contributed by atoms with E-state index in [1.54, 1.807) is 13.0 Å². The third-order valence-electron chi connectivity index (χ3n) is 5.94. The van der Waals surface area contributed by atoms with Crippen LogP contribution < -0.4 is 9.62 Å². The van der Waals surface area contributed by atoms with Crippen LogP contribution in [0.5, 0.6) is 0 Å².